The molecule has 0 aliphatic rings. The fourth-order valence-electron chi connectivity index (χ4n) is 0.136. The second-order valence-electron chi connectivity index (χ2n) is 0.984. The second kappa shape index (κ2) is 7.50. The Hall–Kier alpha value is -0.500. The van der Waals surface area contributed by atoms with E-state index >= 15 is 0 Å². The summed E-state index contributed by atoms with van der Waals surface area (Å²) in [5, 5.41) is 2.31. The van der Waals surface area contributed by atoms with Gasteiger partial charge in [0.15, 0.2) is 0 Å². The summed E-state index contributed by atoms with van der Waals surface area (Å²) < 4.78 is 0. The fraction of sp³-hybridized carbons (Fsp3) is 0.500. The van der Waals surface area contributed by atoms with Gasteiger partial charge in [-0.2, -0.15) is 0 Å². The molecular formula is C6H12ClNO. The van der Waals surface area contributed by atoms with Crippen LogP contribution in [0.2, 0.25) is 0 Å². The quantitative estimate of drug-likeness (QED) is 0.563. The third-order valence-corrected chi connectivity index (χ3v) is 0.645. The number of nitrogens with one attached hydrogen (secondary N) is 1. The molecule has 0 aromatic rings. The molecule has 0 atom stereocenters. The molecule has 0 saturated heterocycles. The zero-order valence-corrected chi connectivity index (χ0v) is 6.75. The van der Waals surface area contributed by atoms with Crippen molar-refractivity contribution < 1.29 is 4.79 Å². The first-order valence-electron chi connectivity index (χ1n) is 2.75. The van der Waals surface area contributed by atoms with E-state index in [0.29, 0.717) is 0 Å². The molecule has 0 spiro atoms. The van der Waals surface area contributed by atoms with Gasteiger partial charge in [0, 0.05) is 7.05 Å². The largest absolute Gasteiger partial charge is 0.354 e. The van der Waals surface area contributed by atoms with Gasteiger partial charge in [0.2, 0.25) is 0 Å². The van der Waals surface area contributed by atoms with Crippen LogP contribution in [-0.4, -0.2) is 13.0 Å². The number of carbonyl (C=O) groups is 1. The van der Waals surface area contributed by atoms with E-state index in [-0.39, 0.29) is 10.9 Å². The lowest BCUT2D eigenvalue weighted by Crippen LogP contribution is -2.16. The van der Waals surface area contributed by atoms with E-state index in [0.717, 1.165) is 0 Å². The lowest BCUT2D eigenvalue weighted by molar-refractivity contribution is -0.116. The third kappa shape index (κ3) is 7.50. The molecule has 0 bridgehead atoms. The predicted molar refractivity (Wildman–Crippen MR) is 40.4 cm³/mol. The molecule has 9 heavy (non-hydrogen) atoms. The van der Waals surface area contributed by atoms with Crippen molar-refractivity contribution in [1.29, 1.82) is 0 Å². The number of amides is 1. The molecular weight excluding hydrogens is 138 g/mol. The van der Waals surface area contributed by atoms with Gasteiger partial charge in [-0.05, 0) is 0 Å². The van der Waals surface area contributed by atoms with Crippen molar-refractivity contribution in [2.24, 2.45) is 0 Å². The van der Waals surface area contributed by atoms with Crippen molar-refractivity contribution in [1.82, 2.24) is 5.32 Å². The van der Waals surface area contributed by atoms with Crippen LogP contribution in [0.4, 0.5) is 0 Å². The minimum absolute atomic E-state index is 0.0162. The highest BCUT2D eigenvalue weighted by Gasteiger charge is 1.95. The number of likely N-dealkylation sites (N-methyl/N-ethyl adjacent to an activating group) is 1. The Kier molecular flexibility index (Phi) is 9.43. The smallest absolute Gasteiger partial charge is 0.261 e. The van der Waals surface area contributed by atoms with E-state index < -0.39 is 0 Å². The molecule has 0 rings (SSSR count). The number of hydrogen-bond donors (Lipinski definition) is 1. The van der Waals surface area contributed by atoms with Crippen molar-refractivity contribution in [3.05, 3.63) is 11.6 Å². The Morgan fingerprint density at radius 2 is 1.89 bits per heavy atom. The molecule has 54 valence electrons. The van der Waals surface area contributed by atoms with Crippen LogP contribution in [0.3, 0.4) is 0 Å². The summed E-state index contributed by atoms with van der Waals surface area (Å²) in [6, 6.07) is 0. The summed E-state index contributed by atoms with van der Waals surface area (Å²) >= 11 is 5.12. The highest BCUT2D eigenvalue weighted by molar-refractivity contribution is 6.41. The Morgan fingerprint density at radius 3 is 1.89 bits per heavy atom. The highest BCUT2D eigenvalue weighted by atomic mass is 35.5. The molecule has 0 saturated carbocycles. The average Bonchev–Trinajstić information content (AvgIpc) is 1.91. The number of carbonyl (C=O) groups excluding carboxylic acids is 1. The molecule has 1 N–H and O–H groups in total. The summed E-state index contributed by atoms with van der Waals surface area (Å²) in [7, 11) is 1.50. The first-order valence-corrected chi connectivity index (χ1v) is 3.12. The summed E-state index contributed by atoms with van der Waals surface area (Å²) in [6.07, 6.45) is 0. The van der Waals surface area contributed by atoms with Gasteiger partial charge < -0.3 is 5.32 Å². The second-order valence-corrected chi connectivity index (χ2v) is 1.44. The van der Waals surface area contributed by atoms with Crippen LogP contribution in [0, 0.1) is 0 Å². The third-order valence-electron chi connectivity index (χ3n) is 0.473. The van der Waals surface area contributed by atoms with Gasteiger partial charge >= 0.3 is 0 Å². The molecule has 0 aliphatic heterocycles. The van der Waals surface area contributed by atoms with Crippen molar-refractivity contribution in [2.45, 2.75) is 13.8 Å². The molecule has 0 radical (unpaired) electrons. The fourth-order valence-corrected chi connectivity index (χ4v) is 0.230. The van der Waals surface area contributed by atoms with Crippen LogP contribution in [0.15, 0.2) is 11.6 Å². The number of hydrogen-bond acceptors (Lipinski definition) is 1. The van der Waals surface area contributed by atoms with Gasteiger partial charge in [-0.3, -0.25) is 4.79 Å². The molecule has 2 nitrogen and oxygen atoms in total. The van der Waals surface area contributed by atoms with E-state index in [9.17, 15) is 4.79 Å². The van der Waals surface area contributed by atoms with Crippen LogP contribution in [0.25, 0.3) is 0 Å². The van der Waals surface area contributed by atoms with Crippen LogP contribution >= 0.6 is 11.6 Å². The summed E-state index contributed by atoms with van der Waals surface area (Å²) in [5.41, 5.74) is 0. The highest BCUT2D eigenvalue weighted by Crippen LogP contribution is 1.92. The molecule has 0 aromatic heterocycles. The van der Waals surface area contributed by atoms with Crippen molar-refractivity contribution in [2.75, 3.05) is 7.05 Å². The van der Waals surface area contributed by atoms with Crippen molar-refractivity contribution in [3.8, 4) is 0 Å². The SMILES string of the molecule is C=C(Cl)C(=O)NC.CC. The van der Waals surface area contributed by atoms with E-state index in [1.165, 1.54) is 7.05 Å². The van der Waals surface area contributed by atoms with Crippen LogP contribution in [0.1, 0.15) is 13.8 Å². The van der Waals surface area contributed by atoms with E-state index in [4.69, 9.17) is 11.6 Å². The monoisotopic (exact) mass is 149 g/mol. The zero-order valence-electron chi connectivity index (χ0n) is 5.99. The van der Waals surface area contributed by atoms with Crippen molar-refractivity contribution in [3.63, 3.8) is 0 Å². The summed E-state index contributed by atoms with van der Waals surface area (Å²) in [6.45, 7) is 7.18. The lowest BCUT2D eigenvalue weighted by Gasteiger charge is -1.89. The van der Waals surface area contributed by atoms with Gasteiger partial charge in [0.1, 0.15) is 0 Å². The Bertz CT molecular complexity index is 101. The first kappa shape index (κ1) is 11.3. The minimum Gasteiger partial charge on any atom is -0.354 e. The van der Waals surface area contributed by atoms with E-state index in [1.807, 2.05) is 13.8 Å². The maximum atomic E-state index is 10.2. The maximum Gasteiger partial charge on any atom is 0.261 e. The summed E-state index contributed by atoms with van der Waals surface area (Å²) in [4.78, 5) is 10.2. The molecule has 0 heterocycles. The number of halogens is 1. The van der Waals surface area contributed by atoms with E-state index in [1.54, 1.807) is 0 Å². The van der Waals surface area contributed by atoms with Crippen LogP contribution in [0.5, 0.6) is 0 Å². The molecule has 0 aromatic carbocycles. The van der Waals surface area contributed by atoms with Gasteiger partial charge in [0.25, 0.3) is 5.91 Å². The van der Waals surface area contributed by atoms with Gasteiger partial charge in [-0.15, -0.1) is 0 Å². The first-order chi connectivity index (χ1) is 4.18. The van der Waals surface area contributed by atoms with Crippen LogP contribution in [-0.2, 0) is 4.79 Å². The number of rotatable bonds is 1. The minimum atomic E-state index is -0.332. The molecule has 1 amide bonds. The average molecular weight is 150 g/mol. The Labute approximate surface area is 60.9 Å². The zero-order chi connectivity index (χ0) is 7.86. The van der Waals surface area contributed by atoms with Gasteiger partial charge in [-0.1, -0.05) is 32.0 Å². The van der Waals surface area contributed by atoms with Gasteiger partial charge in [0.05, 0.1) is 5.03 Å². The summed E-state index contributed by atoms with van der Waals surface area (Å²) in [5.74, 6) is -0.332. The standard InChI is InChI=1S/C4H6ClNO.C2H6/c1-3(5)4(7)6-2;1-2/h1H2,2H3,(H,6,7);1-2H3. The maximum absolute atomic E-state index is 10.2. The molecule has 0 aliphatic carbocycles. The Balaban J connectivity index is 0. The normalized spacial score (nSPS) is 6.67. The van der Waals surface area contributed by atoms with E-state index in [2.05, 4.69) is 11.9 Å². The lowest BCUT2D eigenvalue weighted by atomic mass is 10.6. The van der Waals surface area contributed by atoms with Gasteiger partial charge in [-0.25, -0.2) is 0 Å². The molecule has 0 fully saturated rings. The van der Waals surface area contributed by atoms with Crippen LogP contribution < -0.4 is 5.32 Å². The van der Waals surface area contributed by atoms with Crippen molar-refractivity contribution >= 4 is 17.5 Å². The molecule has 3 heteroatoms. The molecule has 0 unspecified atom stereocenters. The predicted octanol–water partition coefficient (Wildman–Crippen LogP) is 1.51. The topological polar surface area (TPSA) is 29.1 Å². The Morgan fingerprint density at radius 1 is 1.56 bits per heavy atom.